The second kappa shape index (κ2) is 7.79. The first-order chi connectivity index (χ1) is 10.6. The lowest BCUT2D eigenvalue weighted by molar-refractivity contribution is 0.163. The molecular weight excluding hydrogens is 280 g/mol. The van der Waals surface area contributed by atoms with Crippen LogP contribution in [-0.4, -0.2) is 18.4 Å². The molecule has 0 aromatic heterocycles. The Kier molecular flexibility index (Phi) is 5.77. The van der Waals surface area contributed by atoms with E-state index in [4.69, 9.17) is 20.9 Å². The highest BCUT2D eigenvalue weighted by molar-refractivity contribution is 5.34. The molecule has 2 aromatic rings. The van der Waals surface area contributed by atoms with Crippen molar-refractivity contribution in [1.82, 2.24) is 0 Å². The Morgan fingerprint density at radius 3 is 2.59 bits per heavy atom. The van der Waals surface area contributed by atoms with E-state index in [1.807, 2.05) is 48.5 Å². The highest BCUT2D eigenvalue weighted by Crippen LogP contribution is 2.23. The van der Waals surface area contributed by atoms with Crippen LogP contribution in [0.4, 0.5) is 0 Å². The van der Waals surface area contributed by atoms with Crippen LogP contribution in [0.25, 0.3) is 0 Å². The molecule has 118 valence electrons. The summed E-state index contributed by atoms with van der Waals surface area (Å²) < 4.78 is 11.1. The Morgan fingerprint density at radius 2 is 1.86 bits per heavy atom. The summed E-state index contributed by atoms with van der Waals surface area (Å²) in [6.07, 6.45) is -0.621. The molecule has 5 heteroatoms. The van der Waals surface area contributed by atoms with Gasteiger partial charge in [0.05, 0.1) is 7.11 Å². The van der Waals surface area contributed by atoms with Crippen LogP contribution in [0, 0.1) is 0 Å². The molecule has 0 aliphatic carbocycles. The third-order valence-electron chi connectivity index (χ3n) is 3.37. The van der Waals surface area contributed by atoms with Gasteiger partial charge in [-0.15, -0.1) is 0 Å². The van der Waals surface area contributed by atoms with E-state index in [1.165, 1.54) is 0 Å². The Morgan fingerprint density at radius 1 is 1.09 bits per heavy atom. The average Bonchev–Trinajstić information content (AvgIpc) is 2.53. The summed E-state index contributed by atoms with van der Waals surface area (Å²) in [5.74, 6) is 1.51. The summed E-state index contributed by atoms with van der Waals surface area (Å²) in [5.41, 5.74) is 13.2. The van der Waals surface area contributed by atoms with E-state index in [0.29, 0.717) is 18.8 Å². The molecule has 0 aliphatic rings. The minimum Gasteiger partial charge on any atom is -0.496 e. The molecule has 5 N–H and O–H groups in total. The van der Waals surface area contributed by atoms with E-state index in [2.05, 4.69) is 0 Å². The first-order valence-electron chi connectivity index (χ1n) is 7.14. The number of methoxy groups -OCH3 is 1. The molecule has 2 rings (SSSR count). The molecule has 22 heavy (non-hydrogen) atoms. The minimum absolute atomic E-state index is 0.302. The molecule has 0 aliphatic heterocycles. The molecule has 2 atom stereocenters. The number of aliphatic hydroxyl groups excluding tert-OH is 1. The van der Waals surface area contributed by atoms with Crippen molar-refractivity contribution in [2.24, 2.45) is 11.5 Å². The topological polar surface area (TPSA) is 90.7 Å². The summed E-state index contributed by atoms with van der Waals surface area (Å²) in [7, 11) is 1.64. The predicted octanol–water partition coefficient (Wildman–Crippen LogP) is 1.94. The number of para-hydroxylation sites is 1. The third-order valence-corrected chi connectivity index (χ3v) is 3.37. The van der Waals surface area contributed by atoms with Crippen molar-refractivity contribution in [3.8, 4) is 11.5 Å². The van der Waals surface area contributed by atoms with Crippen molar-refractivity contribution >= 4 is 0 Å². The molecule has 0 radical (unpaired) electrons. The highest BCUT2D eigenvalue weighted by atomic mass is 16.5. The first kappa shape index (κ1) is 16.3. The second-order valence-corrected chi connectivity index (χ2v) is 5.08. The summed E-state index contributed by atoms with van der Waals surface area (Å²) in [6, 6.07) is 14.9. The summed E-state index contributed by atoms with van der Waals surface area (Å²) >= 11 is 0. The molecule has 0 spiro atoms. The number of aliphatic hydroxyl groups is 1. The fraction of sp³-hybridized carbons (Fsp3) is 0.294. The molecule has 2 aromatic carbocycles. The molecule has 2 unspecified atom stereocenters. The fourth-order valence-corrected chi connectivity index (χ4v) is 2.21. The molecule has 0 saturated carbocycles. The number of hydrogen-bond acceptors (Lipinski definition) is 5. The van der Waals surface area contributed by atoms with Gasteiger partial charge in [0.2, 0.25) is 0 Å². The van der Waals surface area contributed by atoms with E-state index in [0.717, 1.165) is 16.9 Å². The maximum Gasteiger partial charge on any atom is 0.125 e. The molecule has 0 saturated heterocycles. The first-order valence-corrected chi connectivity index (χ1v) is 7.14. The normalized spacial score (nSPS) is 13.5. The predicted molar refractivity (Wildman–Crippen MR) is 85.5 cm³/mol. The Labute approximate surface area is 130 Å². The smallest absolute Gasteiger partial charge is 0.125 e. The molecular formula is C17H22N2O3. The van der Waals surface area contributed by atoms with E-state index in [1.54, 1.807) is 7.11 Å². The lowest BCUT2D eigenvalue weighted by Gasteiger charge is -2.15. The lowest BCUT2D eigenvalue weighted by atomic mass is 10.0. The molecule has 0 heterocycles. The van der Waals surface area contributed by atoms with Gasteiger partial charge in [0.25, 0.3) is 0 Å². The lowest BCUT2D eigenvalue weighted by Crippen LogP contribution is -2.25. The zero-order valence-corrected chi connectivity index (χ0v) is 12.6. The van der Waals surface area contributed by atoms with Gasteiger partial charge in [-0.1, -0.05) is 30.3 Å². The van der Waals surface area contributed by atoms with Crippen molar-refractivity contribution in [1.29, 1.82) is 0 Å². The average molecular weight is 302 g/mol. The molecule has 0 fully saturated rings. The van der Waals surface area contributed by atoms with Crippen LogP contribution >= 0.6 is 0 Å². The largest absolute Gasteiger partial charge is 0.496 e. The quantitative estimate of drug-likeness (QED) is 0.680. The van der Waals surface area contributed by atoms with Gasteiger partial charge < -0.3 is 26.0 Å². The van der Waals surface area contributed by atoms with E-state index in [9.17, 15) is 5.11 Å². The van der Waals surface area contributed by atoms with Gasteiger partial charge in [0, 0.05) is 18.0 Å². The van der Waals surface area contributed by atoms with Gasteiger partial charge in [-0.05, 0) is 23.8 Å². The Balaban J connectivity index is 2.04. The van der Waals surface area contributed by atoms with Crippen LogP contribution in [0.2, 0.25) is 0 Å². The number of nitrogens with two attached hydrogens (primary N) is 2. The molecule has 5 nitrogen and oxygen atoms in total. The zero-order valence-electron chi connectivity index (χ0n) is 12.6. The van der Waals surface area contributed by atoms with Gasteiger partial charge in [0.1, 0.15) is 24.3 Å². The van der Waals surface area contributed by atoms with Gasteiger partial charge >= 0.3 is 0 Å². The number of hydrogen-bond donors (Lipinski definition) is 3. The maximum atomic E-state index is 9.22. The van der Waals surface area contributed by atoms with Crippen LogP contribution in [0.15, 0.2) is 48.5 Å². The van der Waals surface area contributed by atoms with E-state index < -0.39 is 6.23 Å². The zero-order chi connectivity index (χ0) is 15.9. The maximum absolute atomic E-state index is 9.22. The van der Waals surface area contributed by atoms with Gasteiger partial charge in [-0.25, -0.2) is 0 Å². The highest BCUT2D eigenvalue weighted by Gasteiger charge is 2.10. The van der Waals surface area contributed by atoms with E-state index >= 15 is 0 Å². The summed E-state index contributed by atoms with van der Waals surface area (Å²) in [4.78, 5) is 0. The summed E-state index contributed by atoms with van der Waals surface area (Å²) in [6.45, 7) is 0.405. The van der Waals surface area contributed by atoms with Crippen molar-refractivity contribution in [2.75, 3.05) is 7.11 Å². The third kappa shape index (κ3) is 4.46. The fourth-order valence-electron chi connectivity index (χ4n) is 2.21. The number of ether oxygens (including phenoxy) is 2. The standard InChI is InChI=1S/C17H22N2O3/c1-21-16-8-3-2-5-13(16)11-22-14-7-4-6-12(9-14)15(18)10-17(19)20/h2-9,15,17,20H,10-11,18-19H2,1H3. The van der Waals surface area contributed by atoms with E-state index in [-0.39, 0.29) is 6.04 Å². The Hall–Kier alpha value is -2.08. The van der Waals surface area contributed by atoms with Gasteiger partial charge in [0.15, 0.2) is 0 Å². The van der Waals surface area contributed by atoms with Crippen molar-refractivity contribution < 1.29 is 14.6 Å². The monoisotopic (exact) mass is 302 g/mol. The second-order valence-electron chi connectivity index (χ2n) is 5.08. The number of benzene rings is 2. The SMILES string of the molecule is COc1ccccc1COc1cccc(C(N)CC(N)O)c1. The van der Waals surface area contributed by atoms with Crippen molar-refractivity contribution in [3.63, 3.8) is 0 Å². The van der Waals surface area contributed by atoms with Crippen LogP contribution in [0.3, 0.4) is 0 Å². The van der Waals surface area contributed by atoms with Crippen LogP contribution in [-0.2, 0) is 6.61 Å². The van der Waals surface area contributed by atoms with Crippen LogP contribution in [0.1, 0.15) is 23.6 Å². The molecule has 0 bridgehead atoms. The van der Waals surface area contributed by atoms with Gasteiger partial charge in [-0.2, -0.15) is 0 Å². The van der Waals surface area contributed by atoms with Crippen molar-refractivity contribution in [2.45, 2.75) is 25.3 Å². The van der Waals surface area contributed by atoms with Gasteiger partial charge in [-0.3, -0.25) is 0 Å². The summed E-state index contributed by atoms with van der Waals surface area (Å²) in [5, 5.41) is 9.22. The minimum atomic E-state index is -0.923. The molecule has 0 amide bonds. The van der Waals surface area contributed by atoms with Crippen molar-refractivity contribution in [3.05, 3.63) is 59.7 Å². The van der Waals surface area contributed by atoms with Crippen LogP contribution < -0.4 is 20.9 Å². The Bertz CT molecular complexity index is 602. The number of rotatable bonds is 7. The van der Waals surface area contributed by atoms with Crippen LogP contribution in [0.5, 0.6) is 11.5 Å².